The van der Waals surface area contributed by atoms with Crippen molar-refractivity contribution in [2.45, 2.75) is 19.4 Å². The molecule has 110 valence electrons. The van der Waals surface area contributed by atoms with Crippen LogP contribution in [0.4, 0.5) is 0 Å². The highest BCUT2D eigenvalue weighted by Gasteiger charge is 2.24. The smallest absolute Gasteiger partial charge is 0.255 e. The third-order valence-corrected chi connectivity index (χ3v) is 4.05. The highest BCUT2D eigenvalue weighted by atomic mass is 16.1. The van der Waals surface area contributed by atoms with Gasteiger partial charge in [0.05, 0.1) is 17.5 Å². The van der Waals surface area contributed by atoms with Crippen molar-refractivity contribution in [2.24, 2.45) is 5.92 Å². The minimum absolute atomic E-state index is 0.0543. The van der Waals surface area contributed by atoms with Crippen molar-refractivity contribution in [3.8, 4) is 11.3 Å². The number of H-pyrrole nitrogens is 1. The van der Waals surface area contributed by atoms with Gasteiger partial charge in [-0.05, 0) is 25.4 Å². The first-order valence-corrected chi connectivity index (χ1v) is 7.36. The van der Waals surface area contributed by atoms with Gasteiger partial charge >= 0.3 is 0 Å². The summed E-state index contributed by atoms with van der Waals surface area (Å²) in [6.45, 7) is 4.05. The number of aromatic nitrogens is 2. The number of nitrogens with zero attached hydrogens (tertiary/aromatic N) is 1. The molecule has 0 spiro atoms. The van der Waals surface area contributed by atoms with Crippen LogP contribution in [-0.2, 0) is 0 Å². The van der Waals surface area contributed by atoms with Crippen LogP contribution in [0, 0.1) is 5.92 Å². The van der Waals surface area contributed by atoms with Crippen molar-refractivity contribution in [2.75, 3.05) is 13.1 Å². The Morgan fingerprint density at radius 3 is 2.90 bits per heavy atom. The minimum atomic E-state index is -0.0543. The van der Waals surface area contributed by atoms with Gasteiger partial charge in [-0.3, -0.25) is 9.89 Å². The lowest BCUT2D eigenvalue weighted by atomic mass is 9.95. The van der Waals surface area contributed by atoms with Crippen molar-refractivity contribution in [3.63, 3.8) is 0 Å². The zero-order chi connectivity index (χ0) is 14.7. The van der Waals surface area contributed by atoms with E-state index in [2.05, 4.69) is 27.8 Å². The van der Waals surface area contributed by atoms with Crippen LogP contribution in [0.3, 0.4) is 0 Å². The molecule has 3 rings (SSSR count). The summed E-state index contributed by atoms with van der Waals surface area (Å²) in [5.41, 5.74) is 2.35. The largest absolute Gasteiger partial charge is 0.349 e. The van der Waals surface area contributed by atoms with Gasteiger partial charge in [0.25, 0.3) is 5.91 Å². The van der Waals surface area contributed by atoms with Gasteiger partial charge in [-0.25, -0.2) is 0 Å². The summed E-state index contributed by atoms with van der Waals surface area (Å²) < 4.78 is 0. The zero-order valence-corrected chi connectivity index (χ0v) is 12.1. The molecule has 2 unspecified atom stereocenters. The molecule has 0 radical (unpaired) electrons. The van der Waals surface area contributed by atoms with Crippen LogP contribution in [0.2, 0.25) is 0 Å². The lowest BCUT2D eigenvalue weighted by Crippen LogP contribution is -2.48. The summed E-state index contributed by atoms with van der Waals surface area (Å²) in [7, 11) is 0. The van der Waals surface area contributed by atoms with E-state index in [1.54, 1.807) is 6.20 Å². The van der Waals surface area contributed by atoms with Crippen LogP contribution >= 0.6 is 0 Å². The van der Waals surface area contributed by atoms with E-state index in [4.69, 9.17) is 0 Å². The molecule has 2 heterocycles. The molecule has 1 amide bonds. The average molecular weight is 284 g/mol. The molecule has 0 saturated carbocycles. The first kappa shape index (κ1) is 13.8. The molecule has 0 bridgehead atoms. The number of hydrogen-bond donors (Lipinski definition) is 3. The summed E-state index contributed by atoms with van der Waals surface area (Å²) in [5.74, 6) is 0.385. The maximum Gasteiger partial charge on any atom is 0.255 e. The molecule has 1 saturated heterocycles. The number of aromatic amines is 1. The van der Waals surface area contributed by atoms with Crippen molar-refractivity contribution in [1.82, 2.24) is 20.8 Å². The van der Waals surface area contributed by atoms with E-state index in [1.807, 2.05) is 30.3 Å². The molecule has 2 atom stereocenters. The molecule has 5 heteroatoms. The van der Waals surface area contributed by atoms with E-state index in [9.17, 15) is 4.79 Å². The van der Waals surface area contributed by atoms with E-state index in [1.165, 1.54) is 0 Å². The Hall–Kier alpha value is -2.14. The maximum absolute atomic E-state index is 12.5. The van der Waals surface area contributed by atoms with Gasteiger partial charge in [-0.1, -0.05) is 37.3 Å². The molecule has 1 aromatic carbocycles. The molecule has 1 aliphatic rings. The molecule has 1 aromatic heterocycles. The Morgan fingerprint density at radius 1 is 1.33 bits per heavy atom. The summed E-state index contributed by atoms with van der Waals surface area (Å²) in [5, 5.41) is 13.4. The van der Waals surface area contributed by atoms with Crippen molar-refractivity contribution < 1.29 is 4.79 Å². The normalized spacial score (nSPS) is 22.0. The first-order valence-electron chi connectivity index (χ1n) is 7.36. The van der Waals surface area contributed by atoms with Crippen LogP contribution in [0.25, 0.3) is 11.3 Å². The fourth-order valence-electron chi connectivity index (χ4n) is 2.76. The number of carbonyl (C=O) groups is 1. The van der Waals surface area contributed by atoms with Gasteiger partial charge in [-0.2, -0.15) is 5.10 Å². The molecule has 21 heavy (non-hydrogen) atoms. The van der Waals surface area contributed by atoms with Gasteiger partial charge in [0.1, 0.15) is 0 Å². The zero-order valence-electron chi connectivity index (χ0n) is 12.1. The van der Waals surface area contributed by atoms with Gasteiger partial charge in [0, 0.05) is 11.6 Å². The number of nitrogens with one attached hydrogen (secondary N) is 3. The monoisotopic (exact) mass is 284 g/mol. The Balaban J connectivity index is 1.78. The number of piperidine rings is 1. The van der Waals surface area contributed by atoms with Crippen LogP contribution in [0.1, 0.15) is 23.7 Å². The summed E-state index contributed by atoms with van der Waals surface area (Å²) >= 11 is 0. The van der Waals surface area contributed by atoms with Crippen LogP contribution in [0.5, 0.6) is 0 Å². The SMILES string of the molecule is CC1CNCCC1NC(=O)c1cn[nH]c1-c1ccccc1. The fourth-order valence-corrected chi connectivity index (χ4v) is 2.76. The second-order valence-corrected chi connectivity index (χ2v) is 5.57. The molecule has 1 aliphatic heterocycles. The van der Waals surface area contributed by atoms with Gasteiger partial charge < -0.3 is 10.6 Å². The first-order chi connectivity index (χ1) is 10.3. The van der Waals surface area contributed by atoms with E-state index >= 15 is 0 Å². The number of amides is 1. The lowest BCUT2D eigenvalue weighted by molar-refractivity contribution is 0.0915. The second-order valence-electron chi connectivity index (χ2n) is 5.57. The third-order valence-electron chi connectivity index (χ3n) is 4.05. The molecule has 1 fully saturated rings. The third kappa shape index (κ3) is 2.97. The molecule has 0 aliphatic carbocycles. The summed E-state index contributed by atoms with van der Waals surface area (Å²) in [6, 6.07) is 10.0. The average Bonchev–Trinajstić information content (AvgIpc) is 3.00. The van der Waals surface area contributed by atoms with Crippen molar-refractivity contribution >= 4 is 5.91 Å². The van der Waals surface area contributed by atoms with Crippen molar-refractivity contribution in [3.05, 3.63) is 42.1 Å². The summed E-state index contributed by atoms with van der Waals surface area (Å²) in [4.78, 5) is 12.5. The lowest BCUT2D eigenvalue weighted by Gasteiger charge is -2.30. The summed E-state index contributed by atoms with van der Waals surface area (Å²) in [6.07, 6.45) is 2.56. The number of benzene rings is 1. The molecule has 5 nitrogen and oxygen atoms in total. The molecular weight excluding hydrogens is 264 g/mol. The molecular formula is C16H20N4O. The molecule has 3 N–H and O–H groups in total. The minimum Gasteiger partial charge on any atom is -0.349 e. The number of carbonyl (C=O) groups excluding carboxylic acids is 1. The van der Waals surface area contributed by atoms with Crippen LogP contribution < -0.4 is 10.6 Å². The van der Waals surface area contributed by atoms with Gasteiger partial charge in [0.15, 0.2) is 0 Å². The maximum atomic E-state index is 12.5. The topological polar surface area (TPSA) is 69.8 Å². The van der Waals surface area contributed by atoms with Gasteiger partial charge in [-0.15, -0.1) is 0 Å². The Labute approximate surface area is 124 Å². The Kier molecular flexibility index (Phi) is 4.01. The van der Waals surface area contributed by atoms with E-state index in [0.717, 1.165) is 30.8 Å². The number of hydrogen-bond acceptors (Lipinski definition) is 3. The predicted octanol–water partition coefficient (Wildman–Crippen LogP) is 1.80. The Bertz CT molecular complexity index is 608. The number of rotatable bonds is 3. The Morgan fingerprint density at radius 2 is 2.14 bits per heavy atom. The van der Waals surface area contributed by atoms with Crippen molar-refractivity contribution in [1.29, 1.82) is 0 Å². The highest BCUT2D eigenvalue weighted by Crippen LogP contribution is 2.21. The quantitative estimate of drug-likeness (QED) is 0.805. The van der Waals surface area contributed by atoms with E-state index in [0.29, 0.717) is 11.5 Å². The van der Waals surface area contributed by atoms with Crippen LogP contribution in [-0.4, -0.2) is 35.2 Å². The standard InChI is InChI=1S/C16H20N4O/c1-11-9-17-8-7-14(11)19-16(21)13-10-18-20-15(13)12-5-3-2-4-6-12/h2-6,10-11,14,17H,7-9H2,1H3,(H,18,20)(H,19,21). The van der Waals surface area contributed by atoms with E-state index < -0.39 is 0 Å². The fraction of sp³-hybridized carbons (Fsp3) is 0.375. The second kappa shape index (κ2) is 6.10. The van der Waals surface area contributed by atoms with Crippen LogP contribution in [0.15, 0.2) is 36.5 Å². The van der Waals surface area contributed by atoms with Gasteiger partial charge in [0.2, 0.25) is 0 Å². The molecule has 2 aromatic rings. The highest BCUT2D eigenvalue weighted by molar-refractivity contribution is 5.99. The predicted molar refractivity (Wildman–Crippen MR) is 81.9 cm³/mol. The van der Waals surface area contributed by atoms with E-state index in [-0.39, 0.29) is 11.9 Å².